The van der Waals surface area contributed by atoms with Crippen molar-refractivity contribution in [2.75, 3.05) is 18.5 Å². The molecule has 11 nitrogen and oxygen atoms in total. The third kappa shape index (κ3) is 4.00. The zero-order chi connectivity index (χ0) is 24.6. The zero-order valence-corrected chi connectivity index (χ0v) is 19.3. The van der Waals surface area contributed by atoms with Crippen LogP contribution in [0.5, 0.6) is 0 Å². The molecule has 2 aliphatic rings. The smallest absolute Gasteiger partial charge is 0.341 e. The highest BCUT2D eigenvalue weighted by Gasteiger charge is 2.50. The van der Waals surface area contributed by atoms with Gasteiger partial charge in [-0.05, 0) is 44.2 Å². The van der Waals surface area contributed by atoms with Crippen LogP contribution in [0.25, 0.3) is 0 Å². The Kier molecular flexibility index (Phi) is 6.09. The highest BCUT2D eigenvalue weighted by Crippen LogP contribution is 2.39. The van der Waals surface area contributed by atoms with Gasteiger partial charge in [0, 0.05) is 17.0 Å². The van der Waals surface area contributed by atoms with Gasteiger partial charge in [-0.2, -0.15) is 0 Å². The van der Waals surface area contributed by atoms with Gasteiger partial charge in [-0.1, -0.05) is 12.1 Å². The minimum atomic E-state index is -1.57. The topological polar surface area (TPSA) is 148 Å². The van der Waals surface area contributed by atoms with E-state index in [0.717, 1.165) is 28.2 Å². The van der Waals surface area contributed by atoms with Gasteiger partial charge in [0.05, 0.1) is 17.1 Å². The number of hydrogen-bond acceptors (Lipinski definition) is 8. The number of carbonyl (C=O) groups is 4. The van der Waals surface area contributed by atoms with Gasteiger partial charge in [0.2, 0.25) is 5.91 Å². The van der Waals surface area contributed by atoms with Crippen LogP contribution in [-0.4, -0.2) is 46.8 Å². The van der Waals surface area contributed by atoms with Gasteiger partial charge in [-0.15, -0.1) is 11.3 Å². The third-order valence-corrected chi connectivity index (χ3v) is 7.07. The molecule has 1 saturated heterocycles. The number of fused-ring (bicyclic) bond motifs is 1. The maximum Gasteiger partial charge on any atom is 0.341 e. The van der Waals surface area contributed by atoms with Gasteiger partial charge in [0.25, 0.3) is 11.6 Å². The number of nitrogens with zero attached hydrogens (tertiary/aromatic N) is 2. The van der Waals surface area contributed by atoms with E-state index in [4.69, 9.17) is 4.74 Å². The van der Waals surface area contributed by atoms with E-state index in [1.807, 2.05) is 0 Å². The van der Waals surface area contributed by atoms with E-state index in [2.05, 4.69) is 10.6 Å². The highest BCUT2D eigenvalue weighted by molar-refractivity contribution is 7.17. The Bertz CT molecular complexity index is 1220. The molecule has 1 aliphatic heterocycles. The van der Waals surface area contributed by atoms with Crippen LogP contribution in [0, 0.1) is 10.1 Å². The minimum absolute atomic E-state index is 0.190. The molecule has 0 bridgehead atoms. The van der Waals surface area contributed by atoms with Crippen LogP contribution >= 0.6 is 11.3 Å². The van der Waals surface area contributed by atoms with Crippen molar-refractivity contribution in [2.24, 2.45) is 0 Å². The predicted molar refractivity (Wildman–Crippen MR) is 122 cm³/mol. The fraction of sp³-hybridized carbons (Fsp3) is 0.364. The number of anilines is 1. The Morgan fingerprint density at radius 3 is 2.79 bits per heavy atom. The standard InChI is InChI=1S/C22H22N4O7S/c1-3-33-19(28)17-14-8-5-9-15(14)34-18(17)23-16(27)11-25-20(29)22(2,24-21(25)30)12-6-4-7-13(10-12)26(31)32/h4,6-7,10H,3,5,8-9,11H2,1-2H3,(H,23,27)(H,24,30). The first-order valence-electron chi connectivity index (χ1n) is 10.7. The molecule has 4 rings (SSSR count). The average Bonchev–Trinajstić information content (AvgIpc) is 3.43. The van der Waals surface area contributed by atoms with Gasteiger partial charge in [-0.3, -0.25) is 24.6 Å². The van der Waals surface area contributed by atoms with Crippen molar-refractivity contribution in [3.8, 4) is 0 Å². The highest BCUT2D eigenvalue weighted by atomic mass is 32.1. The van der Waals surface area contributed by atoms with Crippen LogP contribution in [-0.2, 0) is 32.7 Å². The molecule has 2 heterocycles. The summed E-state index contributed by atoms with van der Waals surface area (Å²) in [6, 6.07) is 4.60. The van der Waals surface area contributed by atoms with Crippen LogP contribution < -0.4 is 10.6 Å². The molecular formula is C22H22N4O7S. The Labute approximate surface area is 198 Å². The van der Waals surface area contributed by atoms with Crippen molar-refractivity contribution < 1.29 is 28.8 Å². The SMILES string of the molecule is CCOC(=O)c1c(NC(=O)CN2C(=O)NC(C)(c3cccc([N+](=O)[O-])c3)C2=O)sc2c1CCC2. The Morgan fingerprint density at radius 2 is 2.09 bits per heavy atom. The van der Waals surface area contributed by atoms with E-state index in [9.17, 15) is 29.3 Å². The summed E-state index contributed by atoms with van der Waals surface area (Å²) in [6.07, 6.45) is 2.43. The lowest BCUT2D eigenvalue weighted by Gasteiger charge is -2.22. The quantitative estimate of drug-likeness (QED) is 0.265. The van der Waals surface area contributed by atoms with Gasteiger partial charge in [0.15, 0.2) is 0 Å². The predicted octanol–water partition coefficient (Wildman–Crippen LogP) is 2.73. The number of urea groups is 1. The number of amides is 4. The number of nitrogens with one attached hydrogen (secondary N) is 2. The number of benzene rings is 1. The van der Waals surface area contributed by atoms with Crippen molar-refractivity contribution in [3.63, 3.8) is 0 Å². The molecule has 4 amide bonds. The van der Waals surface area contributed by atoms with E-state index in [1.54, 1.807) is 6.92 Å². The number of nitro groups is 1. The molecule has 1 atom stereocenters. The molecule has 1 aromatic carbocycles. The molecular weight excluding hydrogens is 464 g/mol. The second kappa shape index (κ2) is 8.86. The van der Waals surface area contributed by atoms with E-state index in [0.29, 0.717) is 17.0 Å². The number of non-ortho nitro benzene ring substituents is 1. The number of nitro benzene ring substituents is 1. The number of thiophene rings is 1. The summed E-state index contributed by atoms with van der Waals surface area (Å²) >= 11 is 1.29. The summed E-state index contributed by atoms with van der Waals surface area (Å²) in [5, 5.41) is 16.6. The van der Waals surface area contributed by atoms with Gasteiger partial charge >= 0.3 is 12.0 Å². The van der Waals surface area contributed by atoms with E-state index in [-0.39, 0.29) is 17.9 Å². The number of aryl methyl sites for hydroxylation is 1. The lowest BCUT2D eigenvalue weighted by Crippen LogP contribution is -2.42. The van der Waals surface area contributed by atoms with Crippen molar-refractivity contribution in [1.29, 1.82) is 0 Å². The fourth-order valence-corrected chi connectivity index (χ4v) is 5.48. The molecule has 1 fully saturated rings. The third-order valence-electron chi connectivity index (χ3n) is 5.86. The zero-order valence-electron chi connectivity index (χ0n) is 18.5. The summed E-state index contributed by atoms with van der Waals surface area (Å²) in [4.78, 5) is 63.2. The summed E-state index contributed by atoms with van der Waals surface area (Å²) in [7, 11) is 0. The van der Waals surface area contributed by atoms with Crippen molar-refractivity contribution >= 4 is 45.8 Å². The first-order chi connectivity index (χ1) is 16.2. The molecule has 0 radical (unpaired) electrons. The van der Waals surface area contributed by atoms with Crippen LogP contribution in [0.2, 0.25) is 0 Å². The summed E-state index contributed by atoms with van der Waals surface area (Å²) in [5.74, 6) is -1.89. The van der Waals surface area contributed by atoms with Crippen LogP contribution in [0.3, 0.4) is 0 Å². The first-order valence-corrected chi connectivity index (χ1v) is 11.5. The Morgan fingerprint density at radius 1 is 1.32 bits per heavy atom. The Hall–Kier alpha value is -3.80. The van der Waals surface area contributed by atoms with E-state index < -0.39 is 40.8 Å². The van der Waals surface area contributed by atoms with E-state index >= 15 is 0 Å². The van der Waals surface area contributed by atoms with Gasteiger partial charge in [0.1, 0.15) is 17.1 Å². The molecule has 34 heavy (non-hydrogen) atoms. The van der Waals surface area contributed by atoms with Gasteiger partial charge in [-0.25, -0.2) is 9.59 Å². The number of rotatable bonds is 7. The molecule has 0 saturated carbocycles. The summed E-state index contributed by atoms with van der Waals surface area (Å²) in [6.45, 7) is 2.72. The number of imide groups is 1. The molecule has 1 aliphatic carbocycles. The molecule has 0 spiro atoms. The van der Waals surface area contributed by atoms with Crippen molar-refractivity contribution in [3.05, 3.63) is 55.9 Å². The monoisotopic (exact) mass is 486 g/mol. The molecule has 1 unspecified atom stereocenters. The van der Waals surface area contributed by atoms with E-state index in [1.165, 1.54) is 42.5 Å². The lowest BCUT2D eigenvalue weighted by atomic mass is 9.91. The van der Waals surface area contributed by atoms with Crippen molar-refractivity contribution in [1.82, 2.24) is 10.2 Å². The Balaban J connectivity index is 1.53. The normalized spacial score (nSPS) is 19.1. The lowest BCUT2D eigenvalue weighted by molar-refractivity contribution is -0.385. The molecule has 1 aromatic heterocycles. The molecule has 2 aromatic rings. The minimum Gasteiger partial charge on any atom is -0.462 e. The number of carbonyl (C=O) groups excluding carboxylic acids is 4. The number of esters is 1. The molecule has 12 heteroatoms. The van der Waals surface area contributed by atoms with Gasteiger partial charge < -0.3 is 15.4 Å². The molecule has 2 N–H and O–H groups in total. The van der Waals surface area contributed by atoms with Crippen molar-refractivity contribution in [2.45, 2.75) is 38.6 Å². The van der Waals surface area contributed by atoms with Crippen LogP contribution in [0.1, 0.15) is 46.6 Å². The fourth-order valence-electron chi connectivity index (χ4n) is 4.19. The number of ether oxygens (including phenoxy) is 1. The second-order valence-corrected chi connectivity index (χ2v) is 9.19. The average molecular weight is 487 g/mol. The molecule has 178 valence electrons. The van der Waals surface area contributed by atoms with Crippen LogP contribution in [0.15, 0.2) is 24.3 Å². The second-order valence-electron chi connectivity index (χ2n) is 8.08. The maximum absolute atomic E-state index is 13.1. The summed E-state index contributed by atoms with van der Waals surface area (Å²) < 4.78 is 5.14. The van der Waals surface area contributed by atoms with Crippen LogP contribution in [0.4, 0.5) is 15.5 Å². The summed E-state index contributed by atoms with van der Waals surface area (Å²) in [5.41, 5.74) is -0.376. The largest absolute Gasteiger partial charge is 0.462 e. The maximum atomic E-state index is 13.1. The first kappa shape index (κ1) is 23.4. The number of hydrogen-bond donors (Lipinski definition) is 2.